The zero-order chi connectivity index (χ0) is 18.1. The van der Waals surface area contributed by atoms with Gasteiger partial charge in [0.2, 0.25) is 5.43 Å². The third-order valence-electron chi connectivity index (χ3n) is 3.78. The highest BCUT2D eigenvalue weighted by Crippen LogP contribution is 2.27. The predicted octanol–water partition coefficient (Wildman–Crippen LogP) is 5.56. The van der Waals surface area contributed by atoms with E-state index in [1.165, 1.54) is 6.07 Å². The summed E-state index contributed by atoms with van der Waals surface area (Å²) < 4.78 is 12.1. The fourth-order valence-corrected chi connectivity index (χ4v) is 3.38. The lowest BCUT2D eigenvalue weighted by Crippen LogP contribution is -2.27. The van der Waals surface area contributed by atoms with Crippen LogP contribution in [0.3, 0.4) is 0 Å². The van der Waals surface area contributed by atoms with Crippen LogP contribution >= 0.6 is 31.9 Å². The third-order valence-corrected chi connectivity index (χ3v) is 5.46. The minimum Gasteiger partial charge on any atom is -0.460 e. The minimum absolute atomic E-state index is 0.0923. The van der Waals surface area contributed by atoms with E-state index in [9.17, 15) is 4.79 Å². The van der Waals surface area contributed by atoms with Gasteiger partial charge in [-0.25, -0.2) is 0 Å². The summed E-state index contributed by atoms with van der Waals surface area (Å²) in [5.41, 5.74) is -0.133. The molecule has 0 aliphatic carbocycles. The molecule has 0 saturated heterocycles. The van der Waals surface area contributed by atoms with Crippen LogP contribution in [0.1, 0.15) is 44.8 Å². The Kier molecular flexibility index (Phi) is 8.57. The molecule has 0 N–H and O–H groups in total. The maximum atomic E-state index is 12.2. The highest BCUT2D eigenvalue weighted by Gasteiger charge is 2.21. The van der Waals surface area contributed by atoms with Crippen molar-refractivity contribution in [1.82, 2.24) is 0 Å². The van der Waals surface area contributed by atoms with Crippen molar-refractivity contribution in [3.63, 3.8) is 0 Å². The normalized spacial score (nSPS) is 21.7. The fraction of sp³-hybridized carbons (Fsp3) is 0.450. The van der Waals surface area contributed by atoms with E-state index in [1.807, 2.05) is 0 Å². The second kappa shape index (κ2) is 10.7. The van der Waals surface area contributed by atoms with Crippen LogP contribution in [0.2, 0.25) is 0 Å². The molecule has 1 aliphatic heterocycles. The Bertz CT molecular complexity index is 738. The Morgan fingerprint density at radius 2 is 2.04 bits per heavy atom. The summed E-state index contributed by atoms with van der Waals surface area (Å²) in [4.78, 5) is 12.3. The molecule has 2 atom stereocenters. The van der Waals surface area contributed by atoms with E-state index in [2.05, 4.69) is 74.9 Å². The SMILES string of the molecule is CC[C@@H]1Oc2oc(cc(=O)c2Br)CCC#CCC=CCC=CC[C@H]1Br. The molecule has 0 amide bonds. The number of fused-ring (bicyclic) bond motifs is 2. The van der Waals surface area contributed by atoms with Gasteiger partial charge < -0.3 is 9.15 Å². The molecule has 25 heavy (non-hydrogen) atoms. The molecular weight excluding hydrogens is 448 g/mol. The first-order valence-corrected chi connectivity index (χ1v) is 10.2. The van der Waals surface area contributed by atoms with Gasteiger partial charge in [0.15, 0.2) is 0 Å². The molecule has 2 rings (SSSR count). The Morgan fingerprint density at radius 3 is 2.84 bits per heavy atom. The Labute approximate surface area is 165 Å². The van der Waals surface area contributed by atoms with Gasteiger partial charge in [-0.2, -0.15) is 0 Å². The van der Waals surface area contributed by atoms with Crippen molar-refractivity contribution in [3.8, 4) is 17.8 Å². The highest BCUT2D eigenvalue weighted by molar-refractivity contribution is 9.10. The Morgan fingerprint density at radius 1 is 1.24 bits per heavy atom. The number of alkyl halides is 1. The van der Waals surface area contributed by atoms with E-state index in [1.54, 1.807) is 0 Å². The van der Waals surface area contributed by atoms with E-state index in [-0.39, 0.29) is 22.3 Å². The molecular formula is C20H22Br2O3. The number of rotatable bonds is 1. The van der Waals surface area contributed by atoms with Crippen molar-refractivity contribution in [2.45, 2.75) is 56.4 Å². The first-order valence-electron chi connectivity index (χ1n) is 8.50. The van der Waals surface area contributed by atoms with Gasteiger partial charge >= 0.3 is 5.95 Å². The lowest BCUT2D eigenvalue weighted by atomic mass is 10.1. The highest BCUT2D eigenvalue weighted by atomic mass is 79.9. The van der Waals surface area contributed by atoms with Crippen molar-refractivity contribution in [2.24, 2.45) is 0 Å². The molecule has 0 radical (unpaired) electrons. The van der Waals surface area contributed by atoms with Gasteiger partial charge in [0.05, 0.1) is 4.83 Å². The zero-order valence-corrected chi connectivity index (χ0v) is 17.4. The molecule has 0 saturated carbocycles. The summed E-state index contributed by atoms with van der Waals surface area (Å²) in [6.45, 7) is 2.05. The van der Waals surface area contributed by atoms with Gasteiger partial charge in [-0.15, -0.1) is 5.92 Å². The van der Waals surface area contributed by atoms with Crippen LogP contribution in [0.25, 0.3) is 0 Å². The van der Waals surface area contributed by atoms with Crippen molar-refractivity contribution in [2.75, 3.05) is 0 Å². The first kappa shape index (κ1) is 20.1. The summed E-state index contributed by atoms with van der Waals surface area (Å²) >= 11 is 6.99. The van der Waals surface area contributed by atoms with Crippen LogP contribution in [0.5, 0.6) is 5.95 Å². The van der Waals surface area contributed by atoms with E-state index in [0.717, 1.165) is 25.7 Å². The number of halogens is 2. The average molecular weight is 470 g/mol. The molecule has 1 aliphatic rings. The molecule has 3 nitrogen and oxygen atoms in total. The number of hydrogen-bond acceptors (Lipinski definition) is 3. The van der Waals surface area contributed by atoms with Gasteiger partial charge in [-0.3, -0.25) is 4.79 Å². The predicted molar refractivity (Wildman–Crippen MR) is 108 cm³/mol. The third kappa shape index (κ3) is 6.52. The van der Waals surface area contributed by atoms with E-state index >= 15 is 0 Å². The first-order chi connectivity index (χ1) is 12.1. The number of allylic oxidation sites excluding steroid dienone is 4. The summed E-state index contributed by atoms with van der Waals surface area (Å²) in [6, 6.07) is 1.50. The summed E-state index contributed by atoms with van der Waals surface area (Å²) in [5.74, 6) is 7.06. The summed E-state index contributed by atoms with van der Waals surface area (Å²) in [6.07, 6.45) is 12.9. The van der Waals surface area contributed by atoms with Crippen molar-refractivity contribution in [3.05, 3.63) is 50.8 Å². The fourth-order valence-electron chi connectivity index (χ4n) is 2.39. The number of ether oxygens (including phenoxy) is 1. The van der Waals surface area contributed by atoms with Crippen LogP contribution in [-0.2, 0) is 6.42 Å². The molecule has 5 heteroatoms. The summed E-state index contributed by atoms with van der Waals surface area (Å²) in [7, 11) is 0. The van der Waals surface area contributed by atoms with Gasteiger partial charge in [0.25, 0.3) is 0 Å². The van der Waals surface area contributed by atoms with E-state index in [0.29, 0.717) is 23.1 Å². The van der Waals surface area contributed by atoms with Crippen LogP contribution < -0.4 is 10.2 Å². The van der Waals surface area contributed by atoms with Crippen molar-refractivity contribution < 1.29 is 9.15 Å². The monoisotopic (exact) mass is 468 g/mol. The second-order valence-electron chi connectivity index (χ2n) is 5.73. The molecule has 1 aromatic heterocycles. The van der Waals surface area contributed by atoms with Crippen molar-refractivity contribution in [1.29, 1.82) is 0 Å². The van der Waals surface area contributed by atoms with Gasteiger partial charge in [-0.1, -0.05) is 53.1 Å². The maximum Gasteiger partial charge on any atom is 0.303 e. The van der Waals surface area contributed by atoms with Gasteiger partial charge in [-0.05, 0) is 35.2 Å². The Hall–Kier alpha value is -1.25. The van der Waals surface area contributed by atoms with Crippen LogP contribution in [0.15, 0.2) is 44.1 Å². The largest absolute Gasteiger partial charge is 0.460 e. The minimum atomic E-state index is -0.133. The molecule has 134 valence electrons. The van der Waals surface area contributed by atoms with Crippen LogP contribution in [0, 0.1) is 11.8 Å². The summed E-state index contributed by atoms with van der Waals surface area (Å²) in [5, 5.41) is 0. The molecule has 2 heterocycles. The number of aryl methyl sites for hydroxylation is 1. The smallest absolute Gasteiger partial charge is 0.303 e. The molecule has 0 unspecified atom stereocenters. The second-order valence-corrected chi connectivity index (χ2v) is 7.70. The standard InChI is InChI=1S/C20H22Br2O3/c1-2-18-16(21)13-11-9-7-5-3-4-6-8-10-12-15-14-17(23)19(22)20(24-15)25-18/h3,5,9,11,14,16,18H,2,4,7,10,12-13H2,1H3/t16-,18+/m1/s1. The van der Waals surface area contributed by atoms with E-state index in [4.69, 9.17) is 9.15 Å². The average Bonchev–Trinajstić information content (AvgIpc) is 2.60. The lowest BCUT2D eigenvalue weighted by molar-refractivity contribution is 0.142. The molecule has 2 bridgehead atoms. The van der Waals surface area contributed by atoms with E-state index < -0.39 is 0 Å². The maximum absolute atomic E-state index is 12.2. The van der Waals surface area contributed by atoms with Gasteiger partial charge in [0, 0.05) is 25.3 Å². The van der Waals surface area contributed by atoms with Gasteiger partial charge in [0.1, 0.15) is 16.3 Å². The molecule has 0 spiro atoms. The molecule has 0 fully saturated rings. The quantitative estimate of drug-likeness (QED) is 0.307. The lowest BCUT2D eigenvalue weighted by Gasteiger charge is -2.21. The van der Waals surface area contributed by atoms with Crippen LogP contribution in [-0.4, -0.2) is 10.9 Å². The van der Waals surface area contributed by atoms with Crippen molar-refractivity contribution >= 4 is 31.9 Å². The topological polar surface area (TPSA) is 39.4 Å². The van der Waals surface area contributed by atoms with Crippen LogP contribution in [0.4, 0.5) is 0 Å². The Balaban J connectivity index is 2.28. The molecule has 1 aromatic rings. The molecule has 0 aromatic carbocycles. The zero-order valence-electron chi connectivity index (χ0n) is 14.3. The number of hydrogen-bond donors (Lipinski definition) is 0.